The topological polar surface area (TPSA) is 101 Å². The molecule has 2 amide bonds. The number of primary amides is 1. The van der Waals surface area contributed by atoms with Crippen LogP contribution in [0.25, 0.3) is 0 Å². The zero-order valence-corrected chi connectivity index (χ0v) is 18.0. The molecule has 7 heteroatoms. The lowest BCUT2D eigenvalue weighted by Gasteiger charge is -2.24. The van der Waals surface area contributed by atoms with Crippen molar-refractivity contribution in [1.29, 1.82) is 0 Å². The van der Waals surface area contributed by atoms with E-state index in [1.54, 1.807) is 24.3 Å². The highest BCUT2D eigenvalue weighted by Gasteiger charge is 2.42. The predicted octanol–water partition coefficient (Wildman–Crippen LogP) is 3.81. The predicted molar refractivity (Wildman–Crippen MR) is 128 cm³/mol. The van der Waals surface area contributed by atoms with Gasteiger partial charge >= 0.3 is 5.97 Å². The fourth-order valence-electron chi connectivity index (χ4n) is 3.27. The van der Waals surface area contributed by atoms with Gasteiger partial charge in [-0.1, -0.05) is 48.2 Å². The van der Waals surface area contributed by atoms with Gasteiger partial charge in [0.1, 0.15) is 5.37 Å². The van der Waals surface area contributed by atoms with Gasteiger partial charge in [0.25, 0.3) is 0 Å². The second-order valence-electron chi connectivity index (χ2n) is 7.10. The van der Waals surface area contributed by atoms with Crippen molar-refractivity contribution in [2.45, 2.75) is 17.0 Å². The van der Waals surface area contributed by atoms with Gasteiger partial charge in [0, 0.05) is 22.4 Å². The molecule has 3 aromatic rings. The number of hydrogen-bond donors (Lipinski definition) is 2. The van der Waals surface area contributed by atoms with Gasteiger partial charge in [-0.3, -0.25) is 19.3 Å². The third-order valence-electron chi connectivity index (χ3n) is 4.81. The maximum Gasteiger partial charge on any atom is 0.305 e. The summed E-state index contributed by atoms with van der Waals surface area (Å²) in [5.41, 5.74) is 6.17. The fourth-order valence-corrected chi connectivity index (χ4v) is 4.65. The lowest BCUT2D eigenvalue weighted by atomic mass is 10.1. The molecule has 0 spiro atoms. The Morgan fingerprint density at radius 2 is 1.73 bits per heavy atom. The van der Waals surface area contributed by atoms with Crippen LogP contribution in [0.3, 0.4) is 0 Å². The highest BCUT2D eigenvalue weighted by atomic mass is 32.2. The Balaban J connectivity index is 1.86. The smallest absolute Gasteiger partial charge is 0.305 e. The van der Waals surface area contributed by atoms with E-state index in [9.17, 15) is 19.5 Å². The normalized spacial score (nSPS) is 19.0. The number of anilines is 1. The maximum absolute atomic E-state index is 13.3. The number of thioether (sulfide) groups is 1. The first-order valence-corrected chi connectivity index (χ1v) is 10.8. The Morgan fingerprint density at radius 1 is 1.03 bits per heavy atom. The maximum atomic E-state index is 13.3. The molecule has 1 saturated heterocycles. The summed E-state index contributed by atoms with van der Waals surface area (Å²) in [7, 11) is 0. The molecule has 0 saturated carbocycles. The summed E-state index contributed by atoms with van der Waals surface area (Å²) in [6.45, 7) is 0. The number of carbonyl (C=O) groups is 3. The summed E-state index contributed by atoms with van der Waals surface area (Å²) in [6.07, 6.45) is -0.505. The highest BCUT2D eigenvalue weighted by molar-refractivity contribution is 8.01. The number of nitrogens with zero attached hydrogens (tertiary/aromatic N) is 1. The summed E-state index contributed by atoms with van der Waals surface area (Å²) in [6, 6.07) is 13.2. The second kappa shape index (κ2) is 9.63. The second-order valence-corrected chi connectivity index (χ2v) is 8.39. The van der Waals surface area contributed by atoms with Crippen LogP contribution in [-0.4, -0.2) is 28.1 Å². The molecule has 0 aromatic heterocycles. The molecular weight excluding hydrogens is 436 g/mol. The third-order valence-corrected chi connectivity index (χ3v) is 6.21. The summed E-state index contributed by atoms with van der Waals surface area (Å²) in [5, 5.41) is 7.19. The van der Waals surface area contributed by atoms with Crippen molar-refractivity contribution in [2.24, 2.45) is 5.73 Å². The van der Waals surface area contributed by atoms with Crippen LogP contribution in [0.2, 0.25) is 0 Å². The first-order chi connectivity index (χ1) is 17.6. The first-order valence-electron chi connectivity index (χ1n) is 11.9. The number of amides is 2. The van der Waals surface area contributed by atoms with Crippen molar-refractivity contribution in [3.05, 3.63) is 101 Å². The van der Waals surface area contributed by atoms with Crippen LogP contribution in [0.5, 0.6) is 0 Å². The van der Waals surface area contributed by atoms with E-state index in [1.807, 2.05) is 6.07 Å². The molecule has 1 heterocycles. The summed E-state index contributed by atoms with van der Waals surface area (Å²) >= 11 is 0.916. The number of carboxylic acid groups (broad SMARTS) is 1. The fraction of sp³-hybridized carbons (Fsp3) is 0.115. The van der Waals surface area contributed by atoms with Crippen molar-refractivity contribution < 1.29 is 25.0 Å². The molecule has 2 atom stereocenters. The van der Waals surface area contributed by atoms with E-state index in [2.05, 4.69) is 11.8 Å². The highest BCUT2D eigenvalue weighted by Crippen LogP contribution is 2.46. The molecule has 33 heavy (non-hydrogen) atoms. The van der Waals surface area contributed by atoms with Crippen LogP contribution in [-0.2, 0) is 9.59 Å². The quantitative estimate of drug-likeness (QED) is 0.564. The Morgan fingerprint density at radius 3 is 2.39 bits per heavy atom. The minimum Gasteiger partial charge on any atom is -0.481 e. The van der Waals surface area contributed by atoms with Crippen molar-refractivity contribution >= 4 is 35.2 Å². The molecule has 0 unspecified atom stereocenters. The summed E-state index contributed by atoms with van der Waals surface area (Å²) in [4.78, 5) is 37.6. The average molecular weight is 461 g/mol. The third kappa shape index (κ3) is 5.08. The lowest BCUT2D eigenvalue weighted by Crippen LogP contribution is -2.32. The molecule has 3 aromatic carbocycles. The van der Waals surface area contributed by atoms with E-state index in [-0.39, 0.29) is 34.5 Å². The number of aliphatic carboxylic acids is 1. The zero-order chi connectivity index (χ0) is 26.9. The minimum absolute atomic E-state index is 0.0871. The van der Waals surface area contributed by atoms with Gasteiger partial charge in [0.2, 0.25) is 11.8 Å². The standard InChI is InChI=1S/C26H20N2O4S/c27-24(31)20-7-4-8-21(15-20)28-25(32)22(16-23(29)30)33-26(28)19-13-11-18(12-14-19)10-9-17-5-2-1-3-6-17/h1-8,11-15,22,26H,16H2,(H2,27,31)(H,29,30)/t22-,26+/m1/s1/i11D,12D,13D,14D. The molecule has 0 bridgehead atoms. The Kier molecular flexibility index (Phi) is 5.12. The van der Waals surface area contributed by atoms with Crippen molar-refractivity contribution in [3.8, 4) is 11.8 Å². The van der Waals surface area contributed by atoms with Crippen molar-refractivity contribution in [3.63, 3.8) is 0 Å². The molecule has 1 aliphatic rings. The van der Waals surface area contributed by atoms with Crippen molar-refractivity contribution in [2.75, 3.05) is 4.90 Å². The molecule has 3 N–H and O–H groups in total. The van der Waals surface area contributed by atoms with E-state index in [0.29, 0.717) is 5.56 Å². The Hall–Kier alpha value is -4.02. The number of carbonyl (C=O) groups excluding carboxylic acids is 2. The number of nitrogens with two attached hydrogens (primary N) is 1. The average Bonchev–Trinajstić information content (AvgIpc) is 3.18. The molecule has 1 aliphatic heterocycles. The number of benzene rings is 3. The molecule has 1 fully saturated rings. The van der Waals surface area contributed by atoms with Gasteiger partial charge in [0.05, 0.1) is 17.2 Å². The lowest BCUT2D eigenvalue weighted by molar-refractivity contribution is -0.138. The van der Waals surface area contributed by atoms with Gasteiger partial charge in [-0.05, 0) is 48.0 Å². The van der Waals surface area contributed by atoms with Crippen LogP contribution in [0, 0.1) is 11.8 Å². The van der Waals surface area contributed by atoms with Crippen LogP contribution in [0.4, 0.5) is 5.69 Å². The zero-order valence-electron chi connectivity index (χ0n) is 21.2. The monoisotopic (exact) mass is 460 g/mol. The molecule has 0 aliphatic carbocycles. The van der Waals surface area contributed by atoms with Gasteiger partial charge in [-0.25, -0.2) is 0 Å². The van der Waals surface area contributed by atoms with Gasteiger partial charge in [-0.2, -0.15) is 0 Å². The van der Waals surface area contributed by atoms with Crippen LogP contribution in [0.15, 0.2) is 78.8 Å². The SMILES string of the molecule is [2H]c1c([2H])c([C@@H]2S[C@H](CC(=O)O)C(=O)N2c2cccc(C(N)=O)c2)c([2H])c([2H])c1C#Cc1ccccc1. The Bertz CT molecular complexity index is 1460. The summed E-state index contributed by atoms with van der Waals surface area (Å²) in [5.74, 6) is 3.03. The Labute approximate surface area is 201 Å². The molecular formula is C26H20N2O4S. The van der Waals surface area contributed by atoms with E-state index < -0.39 is 46.9 Å². The van der Waals surface area contributed by atoms with Crippen LogP contribution < -0.4 is 10.6 Å². The minimum atomic E-state index is -1.21. The van der Waals surface area contributed by atoms with E-state index in [4.69, 9.17) is 11.2 Å². The molecule has 4 rings (SSSR count). The molecule has 6 nitrogen and oxygen atoms in total. The number of carboxylic acids is 1. The number of hydrogen-bond acceptors (Lipinski definition) is 4. The molecule has 164 valence electrons. The van der Waals surface area contributed by atoms with Gasteiger partial charge in [0.15, 0.2) is 0 Å². The van der Waals surface area contributed by atoms with Crippen LogP contribution >= 0.6 is 11.8 Å². The largest absolute Gasteiger partial charge is 0.481 e. The van der Waals surface area contributed by atoms with Crippen molar-refractivity contribution in [1.82, 2.24) is 0 Å². The van der Waals surface area contributed by atoms with Crippen LogP contribution in [0.1, 0.15) is 44.3 Å². The first kappa shape index (κ1) is 17.5. The van der Waals surface area contributed by atoms with E-state index in [1.165, 1.54) is 29.2 Å². The van der Waals surface area contributed by atoms with E-state index >= 15 is 0 Å². The van der Waals surface area contributed by atoms with Gasteiger partial charge < -0.3 is 10.8 Å². The molecule has 0 radical (unpaired) electrons. The van der Waals surface area contributed by atoms with Gasteiger partial charge in [-0.15, -0.1) is 11.8 Å². The van der Waals surface area contributed by atoms with E-state index in [0.717, 1.165) is 11.8 Å². The number of rotatable bonds is 5. The summed E-state index contributed by atoms with van der Waals surface area (Å²) < 4.78 is 34.3.